The standard InChI is InChI=1S/C26H20.H2S/c1-5-13-21(14-6-1)25(22-15-7-2-8-16-22)26(23-17-9-3-10-18-23)24-19-11-4-12-20-24;/h1-20H;1H2. The third-order valence-corrected chi connectivity index (χ3v) is 4.50. The van der Waals surface area contributed by atoms with Crippen molar-refractivity contribution in [2.45, 2.75) is 0 Å². The van der Waals surface area contributed by atoms with Crippen molar-refractivity contribution < 1.29 is 0 Å². The average molecular weight is 367 g/mol. The Balaban J connectivity index is 0.00000210. The Bertz CT molecular complexity index is 821. The maximum absolute atomic E-state index is 2.19. The minimum absolute atomic E-state index is 0. The van der Waals surface area contributed by atoms with Crippen LogP contribution in [0.15, 0.2) is 121 Å². The summed E-state index contributed by atoms with van der Waals surface area (Å²) in [6.45, 7) is 0. The maximum Gasteiger partial charge on any atom is -0.00268 e. The van der Waals surface area contributed by atoms with E-state index in [1.165, 1.54) is 33.4 Å². The molecule has 4 aromatic carbocycles. The summed E-state index contributed by atoms with van der Waals surface area (Å²) in [5.41, 5.74) is 7.40. The van der Waals surface area contributed by atoms with Crippen LogP contribution in [0.5, 0.6) is 0 Å². The fourth-order valence-electron chi connectivity index (χ4n) is 3.33. The number of hydrogen-bond acceptors (Lipinski definition) is 0. The summed E-state index contributed by atoms with van der Waals surface area (Å²) >= 11 is 0. The van der Waals surface area contributed by atoms with Crippen LogP contribution in [0, 0.1) is 0 Å². The Morgan fingerprint density at radius 3 is 0.667 bits per heavy atom. The summed E-state index contributed by atoms with van der Waals surface area (Å²) in [6.07, 6.45) is 0. The highest BCUT2D eigenvalue weighted by Gasteiger charge is 2.15. The molecule has 4 aromatic rings. The highest BCUT2D eigenvalue weighted by atomic mass is 32.1. The van der Waals surface area contributed by atoms with E-state index in [9.17, 15) is 0 Å². The van der Waals surface area contributed by atoms with E-state index in [1.54, 1.807) is 0 Å². The van der Waals surface area contributed by atoms with Crippen LogP contribution in [0.3, 0.4) is 0 Å². The number of benzene rings is 4. The second kappa shape index (κ2) is 9.07. The molecule has 0 aromatic heterocycles. The second-order valence-electron chi connectivity index (χ2n) is 6.21. The molecule has 0 spiro atoms. The summed E-state index contributed by atoms with van der Waals surface area (Å²) < 4.78 is 0. The topological polar surface area (TPSA) is 0 Å². The SMILES string of the molecule is S.c1ccc(C(=C(c2ccccc2)c2ccccc2)c2ccccc2)cc1. The fourth-order valence-corrected chi connectivity index (χ4v) is 3.33. The van der Waals surface area contributed by atoms with Crippen LogP contribution in [0.2, 0.25) is 0 Å². The van der Waals surface area contributed by atoms with Gasteiger partial charge in [-0.15, -0.1) is 0 Å². The largest absolute Gasteiger partial charge is 0.197 e. The lowest BCUT2D eigenvalue weighted by molar-refractivity contribution is 1.50. The molecule has 0 radical (unpaired) electrons. The van der Waals surface area contributed by atoms with E-state index in [4.69, 9.17) is 0 Å². The van der Waals surface area contributed by atoms with E-state index < -0.39 is 0 Å². The van der Waals surface area contributed by atoms with E-state index in [2.05, 4.69) is 121 Å². The van der Waals surface area contributed by atoms with E-state index in [0.717, 1.165) is 0 Å². The van der Waals surface area contributed by atoms with Crippen LogP contribution in [0.1, 0.15) is 22.3 Å². The average Bonchev–Trinajstić information content (AvgIpc) is 2.74. The van der Waals surface area contributed by atoms with Crippen molar-refractivity contribution in [2.75, 3.05) is 0 Å². The molecule has 0 amide bonds. The summed E-state index contributed by atoms with van der Waals surface area (Å²) in [5.74, 6) is 0. The molecule has 0 unspecified atom stereocenters. The Morgan fingerprint density at radius 2 is 0.481 bits per heavy atom. The third-order valence-electron chi connectivity index (χ3n) is 4.50. The Kier molecular flexibility index (Phi) is 6.30. The van der Waals surface area contributed by atoms with Gasteiger partial charge in [0.05, 0.1) is 0 Å². The van der Waals surface area contributed by atoms with Gasteiger partial charge in [-0.2, -0.15) is 13.5 Å². The van der Waals surface area contributed by atoms with Crippen LogP contribution in [-0.4, -0.2) is 0 Å². The van der Waals surface area contributed by atoms with Gasteiger partial charge in [-0.3, -0.25) is 0 Å². The van der Waals surface area contributed by atoms with Gasteiger partial charge in [0.2, 0.25) is 0 Å². The normalized spacial score (nSPS) is 9.93. The lowest BCUT2D eigenvalue weighted by atomic mass is 9.86. The van der Waals surface area contributed by atoms with Crippen molar-refractivity contribution in [2.24, 2.45) is 0 Å². The lowest BCUT2D eigenvalue weighted by Crippen LogP contribution is -1.97. The van der Waals surface area contributed by atoms with Gasteiger partial charge >= 0.3 is 0 Å². The monoisotopic (exact) mass is 366 g/mol. The van der Waals surface area contributed by atoms with E-state index in [-0.39, 0.29) is 13.5 Å². The van der Waals surface area contributed by atoms with Crippen molar-refractivity contribution in [1.29, 1.82) is 0 Å². The molecule has 0 fully saturated rings. The second-order valence-corrected chi connectivity index (χ2v) is 6.21. The highest BCUT2D eigenvalue weighted by Crippen LogP contribution is 2.36. The first-order chi connectivity index (χ1) is 12.9. The van der Waals surface area contributed by atoms with Gasteiger partial charge < -0.3 is 0 Å². The van der Waals surface area contributed by atoms with Gasteiger partial charge in [0, 0.05) is 0 Å². The highest BCUT2D eigenvalue weighted by molar-refractivity contribution is 7.59. The van der Waals surface area contributed by atoms with Gasteiger partial charge in [0.25, 0.3) is 0 Å². The quantitative estimate of drug-likeness (QED) is 0.348. The van der Waals surface area contributed by atoms with Gasteiger partial charge in [0.15, 0.2) is 0 Å². The number of hydrogen-bond donors (Lipinski definition) is 0. The minimum atomic E-state index is 0. The minimum Gasteiger partial charge on any atom is -0.197 e. The molecule has 0 aliphatic rings. The van der Waals surface area contributed by atoms with Crippen LogP contribution in [0.4, 0.5) is 0 Å². The lowest BCUT2D eigenvalue weighted by Gasteiger charge is -2.18. The summed E-state index contributed by atoms with van der Waals surface area (Å²) in [4.78, 5) is 0. The van der Waals surface area contributed by atoms with Crippen LogP contribution in [0.25, 0.3) is 11.1 Å². The maximum atomic E-state index is 2.19. The molecule has 0 N–H and O–H groups in total. The van der Waals surface area contributed by atoms with Crippen molar-refractivity contribution in [3.05, 3.63) is 144 Å². The third kappa shape index (κ3) is 4.21. The molecule has 0 heterocycles. The summed E-state index contributed by atoms with van der Waals surface area (Å²) in [6, 6.07) is 42.6. The van der Waals surface area contributed by atoms with Gasteiger partial charge in [-0.25, -0.2) is 0 Å². The Hall–Kier alpha value is -3.03. The fraction of sp³-hybridized carbons (Fsp3) is 0. The molecule has 0 atom stereocenters. The molecule has 0 bridgehead atoms. The smallest absolute Gasteiger partial charge is 0.00268 e. The molecule has 0 saturated carbocycles. The van der Waals surface area contributed by atoms with Gasteiger partial charge in [-0.1, -0.05) is 121 Å². The van der Waals surface area contributed by atoms with E-state index >= 15 is 0 Å². The van der Waals surface area contributed by atoms with E-state index in [0.29, 0.717) is 0 Å². The molecule has 132 valence electrons. The molecule has 27 heavy (non-hydrogen) atoms. The molecular weight excluding hydrogens is 344 g/mol. The Morgan fingerprint density at radius 1 is 0.296 bits per heavy atom. The molecule has 4 rings (SSSR count). The van der Waals surface area contributed by atoms with Crippen molar-refractivity contribution in [3.63, 3.8) is 0 Å². The zero-order valence-corrected chi connectivity index (χ0v) is 16.0. The van der Waals surface area contributed by atoms with Gasteiger partial charge in [0.1, 0.15) is 0 Å². The zero-order valence-electron chi connectivity index (χ0n) is 15.0. The first-order valence-corrected chi connectivity index (χ1v) is 8.89. The zero-order chi connectivity index (χ0) is 17.6. The molecule has 1 heteroatoms. The van der Waals surface area contributed by atoms with Crippen molar-refractivity contribution in [3.8, 4) is 0 Å². The first kappa shape index (κ1) is 18.8. The molecule has 0 saturated heterocycles. The molecule has 0 aliphatic carbocycles. The number of rotatable bonds is 4. The summed E-state index contributed by atoms with van der Waals surface area (Å²) in [5, 5.41) is 0. The molecule has 0 aliphatic heterocycles. The van der Waals surface area contributed by atoms with Gasteiger partial charge in [-0.05, 0) is 33.4 Å². The van der Waals surface area contributed by atoms with E-state index in [1.807, 2.05) is 0 Å². The predicted octanol–water partition coefficient (Wildman–Crippen LogP) is 6.81. The summed E-state index contributed by atoms with van der Waals surface area (Å²) in [7, 11) is 0. The van der Waals surface area contributed by atoms with Crippen molar-refractivity contribution >= 4 is 24.6 Å². The van der Waals surface area contributed by atoms with Crippen LogP contribution >= 0.6 is 13.5 Å². The molecular formula is C26H22S. The van der Waals surface area contributed by atoms with Crippen LogP contribution < -0.4 is 0 Å². The Labute approximate surface area is 168 Å². The first-order valence-electron chi connectivity index (χ1n) is 8.89. The molecule has 0 nitrogen and oxygen atoms in total. The van der Waals surface area contributed by atoms with Crippen molar-refractivity contribution in [1.82, 2.24) is 0 Å². The predicted molar refractivity (Wildman–Crippen MR) is 121 cm³/mol. The van der Waals surface area contributed by atoms with Crippen LogP contribution in [-0.2, 0) is 0 Å².